The Labute approximate surface area is 115 Å². The normalized spacial score (nSPS) is 15.0. The van der Waals surface area contributed by atoms with Gasteiger partial charge in [-0.15, -0.1) is 0 Å². The molecule has 1 heterocycles. The van der Waals surface area contributed by atoms with Crippen LogP contribution in [0.15, 0.2) is 24.3 Å². The molecule has 1 aliphatic rings. The van der Waals surface area contributed by atoms with Crippen molar-refractivity contribution < 1.29 is 0 Å². The van der Waals surface area contributed by atoms with Crippen LogP contribution in [0.5, 0.6) is 0 Å². The average molecular weight is 306 g/mol. The molecule has 1 saturated carbocycles. The monoisotopic (exact) mass is 305 g/mol. The average Bonchev–Trinajstić information content (AvgIpc) is 3.20. The molecule has 0 saturated heterocycles. The van der Waals surface area contributed by atoms with Crippen molar-refractivity contribution in [2.75, 3.05) is 16.8 Å². The van der Waals surface area contributed by atoms with Crippen molar-refractivity contribution in [2.45, 2.75) is 25.8 Å². The van der Waals surface area contributed by atoms with Crippen LogP contribution in [-0.2, 0) is 0 Å². The largest absolute Gasteiger partial charge is 0.351 e. The Hall–Kier alpha value is -1.16. The van der Waals surface area contributed by atoms with Crippen molar-refractivity contribution >= 4 is 32.8 Å². The van der Waals surface area contributed by atoms with Crippen molar-refractivity contribution in [3.63, 3.8) is 0 Å². The molecule has 0 amide bonds. The van der Waals surface area contributed by atoms with Crippen LogP contribution in [0, 0.1) is 6.92 Å². The molecule has 4 heteroatoms. The van der Waals surface area contributed by atoms with E-state index < -0.39 is 0 Å². The number of hydrogen-bond donors (Lipinski definition) is 0. The van der Waals surface area contributed by atoms with Gasteiger partial charge >= 0.3 is 0 Å². The summed E-state index contributed by atoms with van der Waals surface area (Å²) < 4.78 is 0. The van der Waals surface area contributed by atoms with Crippen molar-refractivity contribution in [3.8, 4) is 0 Å². The first-order chi connectivity index (χ1) is 8.79. The quantitative estimate of drug-likeness (QED) is 0.812. The SMILES string of the molecule is Cc1nc2ccccc2nc1N(CCBr)C1CC1. The van der Waals surface area contributed by atoms with Gasteiger partial charge in [-0.05, 0) is 31.9 Å². The topological polar surface area (TPSA) is 29.0 Å². The summed E-state index contributed by atoms with van der Waals surface area (Å²) in [5.74, 6) is 1.05. The van der Waals surface area contributed by atoms with Crippen LogP contribution in [0.3, 0.4) is 0 Å². The Morgan fingerprint density at radius 3 is 2.50 bits per heavy atom. The molecule has 3 nitrogen and oxygen atoms in total. The van der Waals surface area contributed by atoms with E-state index in [1.54, 1.807) is 0 Å². The molecule has 1 aromatic carbocycles. The summed E-state index contributed by atoms with van der Waals surface area (Å²) in [4.78, 5) is 11.9. The van der Waals surface area contributed by atoms with E-state index in [-0.39, 0.29) is 0 Å². The maximum absolute atomic E-state index is 4.80. The van der Waals surface area contributed by atoms with Crippen molar-refractivity contribution in [2.24, 2.45) is 0 Å². The van der Waals surface area contributed by atoms with Gasteiger partial charge in [0.25, 0.3) is 0 Å². The summed E-state index contributed by atoms with van der Waals surface area (Å²) in [6.07, 6.45) is 2.56. The number of benzene rings is 1. The van der Waals surface area contributed by atoms with Crippen LogP contribution in [0.25, 0.3) is 11.0 Å². The highest BCUT2D eigenvalue weighted by molar-refractivity contribution is 9.09. The lowest BCUT2D eigenvalue weighted by Crippen LogP contribution is -2.29. The Kier molecular flexibility index (Phi) is 3.20. The summed E-state index contributed by atoms with van der Waals surface area (Å²) >= 11 is 3.53. The highest BCUT2D eigenvalue weighted by Gasteiger charge is 2.30. The number of hydrogen-bond acceptors (Lipinski definition) is 3. The molecule has 94 valence electrons. The van der Waals surface area contributed by atoms with Gasteiger partial charge in [0.15, 0.2) is 5.82 Å². The number of anilines is 1. The maximum atomic E-state index is 4.80. The third-order valence-electron chi connectivity index (χ3n) is 3.30. The maximum Gasteiger partial charge on any atom is 0.151 e. The van der Waals surface area contributed by atoms with Gasteiger partial charge in [-0.3, -0.25) is 0 Å². The van der Waals surface area contributed by atoms with Crippen molar-refractivity contribution in [1.82, 2.24) is 9.97 Å². The van der Waals surface area contributed by atoms with E-state index in [0.29, 0.717) is 6.04 Å². The molecule has 1 aromatic heterocycles. The first-order valence-corrected chi connectivity index (χ1v) is 7.48. The van der Waals surface area contributed by atoms with Gasteiger partial charge in [-0.25, -0.2) is 9.97 Å². The number of fused-ring (bicyclic) bond motifs is 1. The first kappa shape index (κ1) is 11.9. The fourth-order valence-electron chi connectivity index (χ4n) is 2.29. The molecule has 0 aliphatic heterocycles. The summed E-state index contributed by atoms with van der Waals surface area (Å²) in [6, 6.07) is 8.74. The van der Waals surface area contributed by atoms with Crippen LogP contribution >= 0.6 is 15.9 Å². The zero-order valence-electron chi connectivity index (χ0n) is 10.4. The third kappa shape index (κ3) is 2.21. The fraction of sp³-hybridized carbons (Fsp3) is 0.429. The minimum Gasteiger partial charge on any atom is -0.351 e. The summed E-state index contributed by atoms with van der Waals surface area (Å²) in [5, 5.41) is 0.970. The van der Waals surface area contributed by atoms with Crippen LogP contribution in [0.4, 0.5) is 5.82 Å². The lowest BCUT2D eigenvalue weighted by molar-refractivity contribution is 0.809. The van der Waals surface area contributed by atoms with E-state index in [1.165, 1.54) is 12.8 Å². The molecule has 2 aromatic rings. The van der Waals surface area contributed by atoms with E-state index in [2.05, 4.69) is 32.7 Å². The zero-order chi connectivity index (χ0) is 12.5. The molecule has 3 rings (SSSR count). The second-order valence-electron chi connectivity index (χ2n) is 4.73. The summed E-state index contributed by atoms with van der Waals surface area (Å²) in [7, 11) is 0. The molecule has 0 atom stereocenters. The summed E-state index contributed by atoms with van der Waals surface area (Å²) in [6.45, 7) is 3.05. The molecule has 0 spiro atoms. The molecule has 0 unspecified atom stereocenters. The standard InChI is InChI=1S/C14H16BrN3/c1-10-14(18(9-8-15)11-6-7-11)17-13-5-3-2-4-12(13)16-10/h2-5,11H,6-9H2,1H3. The molecule has 1 fully saturated rings. The predicted molar refractivity (Wildman–Crippen MR) is 78.4 cm³/mol. The highest BCUT2D eigenvalue weighted by Crippen LogP contribution is 2.32. The molecule has 0 bridgehead atoms. The van der Waals surface area contributed by atoms with Gasteiger partial charge in [0, 0.05) is 17.9 Å². The number of aryl methyl sites for hydroxylation is 1. The van der Waals surface area contributed by atoms with Gasteiger partial charge in [-0.2, -0.15) is 0 Å². The van der Waals surface area contributed by atoms with Crippen LogP contribution < -0.4 is 4.90 Å². The Morgan fingerprint density at radius 1 is 1.22 bits per heavy atom. The van der Waals surface area contributed by atoms with Crippen LogP contribution in [0.2, 0.25) is 0 Å². The molecule has 0 radical (unpaired) electrons. The van der Waals surface area contributed by atoms with Crippen molar-refractivity contribution in [3.05, 3.63) is 30.0 Å². The predicted octanol–water partition coefficient (Wildman–Crippen LogP) is 3.30. The number of para-hydroxylation sites is 2. The third-order valence-corrected chi connectivity index (χ3v) is 3.66. The van der Waals surface area contributed by atoms with Gasteiger partial charge in [0.2, 0.25) is 0 Å². The second kappa shape index (κ2) is 4.84. The van der Waals surface area contributed by atoms with Crippen LogP contribution in [0.1, 0.15) is 18.5 Å². The van der Waals surface area contributed by atoms with Gasteiger partial charge in [0.1, 0.15) is 0 Å². The highest BCUT2D eigenvalue weighted by atomic mass is 79.9. The van der Waals surface area contributed by atoms with E-state index in [0.717, 1.165) is 34.4 Å². The summed E-state index contributed by atoms with van der Waals surface area (Å²) in [5.41, 5.74) is 2.99. The Morgan fingerprint density at radius 2 is 1.89 bits per heavy atom. The minimum atomic E-state index is 0.664. The molecular weight excluding hydrogens is 290 g/mol. The van der Waals surface area contributed by atoms with E-state index in [1.807, 2.05) is 24.3 Å². The second-order valence-corrected chi connectivity index (χ2v) is 5.53. The first-order valence-electron chi connectivity index (χ1n) is 6.35. The molecule has 1 aliphatic carbocycles. The lowest BCUT2D eigenvalue weighted by Gasteiger charge is -2.24. The smallest absolute Gasteiger partial charge is 0.151 e. The zero-order valence-corrected chi connectivity index (χ0v) is 12.0. The number of rotatable bonds is 4. The van der Waals surface area contributed by atoms with Gasteiger partial charge < -0.3 is 4.90 Å². The molecule has 18 heavy (non-hydrogen) atoms. The van der Waals surface area contributed by atoms with Gasteiger partial charge in [-0.1, -0.05) is 28.1 Å². The number of nitrogens with zero attached hydrogens (tertiary/aromatic N) is 3. The van der Waals surface area contributed by atoms with Gasteiger partial charge in [0.05, 0.1) is 16.7 Å². The molecular formula is C14H16BrN3. The van der Waals surface area contributed by atoms with E-state index in [4.69, 9.17) is 4.98 Å². The Balaban J connectivity index is 2.06. The van der Waals surface area contributed by atoms with E-state index >= 15 is 0 Å². The fourth-order valence-corrected chi connectivity index (χ4v) is 2.67. The minimum absolute atomic E-state index is 0.664. The number of aromatic nitrogens is 2. The van der Waals surface area contributed by atoms with E-state index in [9.17, 15) is 0 Å². The molecule has 0 N–H and O–H groups in total. The number of alkyl halides is 1. The van der Waals surface area contributed by atoms with Crippen LogP contribution in [-0.4, -0.2) is 27.9 Å². The van der Waals surface area contributed by atoms with Crippen molar-refractivity contribution in [1.29, 1.82) is 0 Å². The Bertz CT molecular complexity index is 566. The number of halogens is 1. The lowest BCUT2D eigenvalue weighted by atomic mass is 10.3.